The Morgan fingerprint density at radius 1 is 1.35 bits per heavy atom. The second-order valence-corrected chi connectivity index (χ2v) is 5.68. The predicted molar refractivity (Wildman–Crippen MR) is 71.3 cm³/mol. The van der Waals surface area contributed by atoms with Crippen molar-refractivity contribution in [1.29, 1.82) is 0 Å². The van der Waals surface area contributed by atoms with E-state index in [0.717, 1.165) is 19.5 Å². The molecule has 5 heteroatoms. The summed E-state index contributed by atoms with van der Waals surface area (Å²) in [5.41, 5.74) is 0.0730. The van der Waals surface area contributed by atoms with Crippen LogP contribution in [0.25, 0.3) is 0 Å². The van der Waals surface area contributed by atoms with Crippen LogP contribution < -0.4 is 5.32 Å². The molecule has 2 fully saturated rings. The van der Waals surface area contributed by atoms with E-state index in [9.17, 15) is 13.6 Å². The van der Waals surface area contributed by atoms with Crippen LogP contribution >= 0.6 is 0 Å². The first kappa shape index (κ1) is 13.5. The fourth-order valence-corrected chi connectivity index (χ4v) is 3.06. The summed E-state index contributed by atoms with van der Waals surface area (Å²) in [4.78, 5) is 14.1. The van der Waals surface area contributed by atoms with Crippen LogP contribution in [0.15, 0.2) is 18.2 Å². The largest absolute Gasteiger partial charge is 0.341 e. The molecule has 1 aliphatic carbocycles. The molecule has 0 aromatic heterocycles. The highest BCUT2D eigenvalue weighted by Crippen LogP contribution is 2.50. The van der Waals surface area contributed by atoms with E-state index in [2.05, 4.69) is 5.32 Å². The van der Waals surface area contributed by atoms with E-state index in [1.54, 1.807) is 11.9 Å². The first-order valence-electron chi connectivity index (χ1n) is 7.01. The van der Waals surface area contributed by atoms with Gasteiger partial charge >= 0.3 is 0 Å². The van der Waals surface area contributed by atoms with Crippen LogP contribution in [0.5, 0.6) is 0 Å². The van der Waals surface area contributed by atoms with Gasteiger partial charge in [-0.1, -0.05) is 6.07 Å². The van der Waals surface area contributed by atoms with Gasteiger partial charge in [0.05, 0.1) is 0 Å². The minimum Gasteiger partial charge on any atom is -0.341 e. The van der Waals surface area contributed by atoms with Gasteiger partial charge in [-0.05, 0) is 31.5 Å². The summed E-state index contributed by atoms with van der Waals surface area (Å²) in [5, 5.41) is 3.21. The highest BCUT2D eigenvalue weighted by atomic mass is 19.1. The van der Waals surface area contributed by atoms with Gasteiger partial charge in [0, 0.05) is 37.0 Å². The van der Waals surface area contributed by atoms with Crippen molar-refractivity contribution in [1.82, 2.24) is 10.2 Å². The monoisotopic (exact) mass is 280 g/mol. The third-order valence-corrected chi connectivity index (χ3v) is 4.41. The van der Waals surface area contributed by atoms with E-state index >= 15 is 0 Å². The summed E-state index contributed by atoms with van der Waals surface area (Å²) in [6.07, 6.45) is 1.48. The zero-order valence-electron chi connectivity index (χ0n) is 11.4. The van der Waals surface area contributed by atoms with Crippen molar-refractivity contribution in [3.8, 4) is 0 Å². The molecule has 3 rings (SSSR count). The maximum Gasteiger partial charge on any atom is 0.226 e. The number of amides is 1. The standard InChI is InChI=1S/C15H18F2N2O/c1-19(9-5-6-18-8-9)15(20)11-7-10(11)14-12(16)3-2-4-13(14)17/h2-4,9-11,18H,5-8H2,1H3. The number of hydrogen-bond acceptors (Lipinski definition) is 2. The molecule has 1 heterocycles. The number of benzene rings is 1. The second kappa shape index (κ2) is 5.13. The van der Waals surface area contributed by atoms with Crippen molar-refractivity contribution >= 4 is 5.91 Å². The number of carbonyl (C=O) groups is 1. The van der Waals surface area contributed by atoms with Crippen LogP contribution in [0.3, 0.4) is 0 Å². The summed E-state index contributed by atoms with van der Waals surface area (Å²) >= 11 is 0. The average Bonchev–Trinajstić information content (AvgIpc) is 3.00. The molecule has 1 saturated carbocycles. The molecule has 0 radical (unpaired) electrons. The van der Waals surface area contributed by atoms with Gasteiger partial charge in [0.2, 0.25) is 5.91 Å². The fraction of sp³-hybridized carbons (Fsp3) is 0.533. The van der Waals surface area contributed by atoms with Crippen molar-refractivity contribution in [3.05, 3.63) is 35.4 Å². The van der Waals surface area contributed by atoms with Crippen molar-refractivity contribution in [2.24, 2.45) is 5.92 Å². The molecule has 1 aliphatic heterocycles. The Labute approximate surface area is 117 Å². The molecule has 2 aliphatic rings. The Morgan fingerprint density at radius 3 is 2.65 bits per heavy atom. The van der Waals surface area contributed by atoms with E-state index in [4.69, 9.17) is 0 Å². The number of halogens is 2. The first-order chi connectivity index (χ1) is 9.59. The van der Waals surface area contributed by atoms with Crippen LogP contribution in [0.2, 0.25) is 0 Å². The first-order valence-corrected chi connectivity index (χ1v) is 7.01. The lowest BCUT2D eigenvalue weighted by Crippen LogP contribution is -2.39. The number of hydrogen-bond donors (Lipinski definition) is 1. The van der Waals surface area contributed by atoms with E-state index in [1.807, 2.05) is 0 Å². The molecular formula is C15H18F2N2O. The summed E-state index contributed by atoms with van der Waals surface area (Å²) in [6, 6.07) is 4.06. The summed E-state index contributed by atoms with van der Waals surface area (Å²) < 4.78 is 27.4. The Hall–Kier alpha value is -1.49. The van der Waals surface area contributed by atoms with Gasteiger partial charge in [0.1, 0.15) is 11.6 Å². The highest BCUT2D eigenvalue weighted by Gasteiger charge is 2.48. The Morgan fingerprint density at radius 2 is 2.05 bits per heavy atom. The molecule has 3 nitrogen and oxygen atoms in total. The van der Waals surface area contributed by atoms with E-state index < -0.39 is 11.6 Å². The van der Waals surface area contributed by atoms with Gasteiger partial charge in [-0.2, -0.15) is 0 Å². The lowest BCUT2D eigenvalue weighted by Gasteiger charge is -2.24. The maximum atomic E-state index is 13.7. The third kappa shape index (κ3) is 2.30. The van der Waals surface area contributed by atoms with Crippen LogP contribution in [0.1, 0.15) is 24.3 Å². The SMILES string of the molecule is CN(C(=O)C1CC1c1c(F)cccc1F)C1CCNC1. The van der Waals surface area contributed by atoms with Gasteiger partial charge in [0.25, 0.3) is 0 Å². The average molecular weight is 280 g/mol. The fourth-order valence-electron chi connectivity index (χ4n) is 3.06. The minimum absolute atomic E-state index is 0.00588. The van der Waals surface area contributed by atoms with Crippen LogP contribution in [0, 0.1) is 17.6 Å². The molecule has 1 N–H and O–H groups in total. The van der Waals surface area contributed by atoms with Crippen LogP contribution in [-0.4, -0.2) is 37.0 Å². The van der Waals surface area contributed by atoms with E-state index in [0.29, 0.717) is 6.42 Å². The van der Waals surface area contributed by atoms with Gasteiger partial charge in [-0.15, -0.1) is 0 Å². The normalized spacial score (nSPS) is 28.4. The van der Waals surface area contributed by atoms with Crippen molar-refractivity contribution in [2.45, 2.75) is 24.8 Å². The smallest absolute Gasteiger partial charge is 0.226 e. The second-order valence-electron chi connectivity index (χ2n) is 5.68. The number of carbonyl (C=O) groups excluding carboxylic acids is 1. The Bertz CT molecular complexity index is 508. The molecule has 1 aromatic rings. The van der Waals surface area contributed by atoms with Gasteiger partial charge in [-0.3, -0.25) is 4.79 Å². The summed E-state index contributed by atoms with van der Waals surface area (Å²) in [5.74, 6) is -1.66. The zero-order valence-corrected chi connectivity index (χ0v) is 11.4. The lowest BCUT2D eigenvalue weighted by atomic mass is 10.1. The summed E-state index contributed by atoms with van der Waals surface area (Å²) in [7, 11) is 1.78. The topological polar surface area (TPSA) is 32.3 Å². The molecule has 3 atom stereocenters. The van der Waals surface area contributed by atoms with Crippen molar-refractivity contribution in [3.63, 3.8) is 0 Å². The maximum absolute atomic E-state index is 13.7. The number of rotatable bonds is 3. The van der Waals surface area contributed by atoms with Crippen molar-refractivity contribution in [2.75, 3.05) is 20.1 Å². The summed E-state index contributed by atoms with van der Waals surface area (Å²) in [6.45, 7) is 1.71. The van der Waals surface area contributed by atoms with Gasteiger partial charge < -0.3 is 10.2 Å². The van der Waals surface area contributed by atoms with Crippen LogP contribution in [0.4, 0.5) is 8.78 Å². The van der Waals surface area contributed by atoms with E-state index in [1.165, 1.54) is 18.2 Å². The molecule has 20 heavy (non-hydrogen) atoms. The third-order valence-electron chi connectivity index (χ3n) is 4.41. The molecule has 1 amide bonds. The number of likely N-dealkylation sites (N-methyl/N-ethyl adjacent to an activating group) is 1. The van der Waals surface area contributed by atoms with E-state index in [-0.39, 0.29) is 29.3 Å². The molecule has 0 bridgehead atoms. The number of nitrogens with zero attached hydrogens (tertiary/aromatic N) is 1. The quantitative estimate of drug-likeness (QED) is 0.917. The number of nitrogens with one attached hydrogen (secondary N) is 1. The van der Waals surface area contributed by atoms with Gasteiger partial charge in [-0.25, -0.2) is 8.78 Å². The predicted octanol–water partition coefficient (Wildman–Crippen LogP) is 1.89. The van der Waals surface area contributed by atoms with Crippen LogP contribution in [-0.2, 0) is 4.79 Å². The molecule has 1 aromatic carbocycles. The molecule has 3 unspecified atom stereocenters. The lowest BCUT2D eigenvalue weighted by molar-refractivity contribution is -0.133. The molecule has 1 saturated heterocycles. The Balaban J connectivity index is 1.70. The zero-order chi connectivity index (χ0) is 14.3. The Kier molecular flexibility index (Phi) is 3.46. The molecular weight excluding hydrogens is 262 g/mol. The molecule has 108 valence electrons. The van der Waals surface area contributed by atoms with Crippen molar-refractivity contribution < 1.29 is 13.6 Å². The van der Waals surface area contributed by atoms with Gasteiger partial charge in [0.15, 0.2) is 0 Å². The molecule has 0 spiro atoms. The highest BCUT2D eigenvalue weighted by molar-refractivity contribution is 5.83. The minimum atomic E-state index is -0.546.